The first-order valence-corrected chi connectivity index (χ1v) is 6.59. The van der Waals surface area contributed by atoms with Gasteiger partial charge in [-0.2, -0.15) is 11.8 Å². The molecule has 0 aliphatic heterocycles. The lowest BCUT2D eigenvalue weighted by atomic mass is 10.3. The summed E-state index contributed by atoms with van der Waals surface area (Å²) in [5.41, 5.74) is 0.865. The Morgan fingerprint density at radius 1 is 1.60 bits per heavy atom. The summed E-state index contributed by atoms with van der Waals surface area (Å²) in [6.45, 7) is 3.75. The van der Waals surface area contributed by atoms with Crippen LogP contribution in [-0.4, -0.2) is 22.4 Å². The Labute approximate surface area is 102 Å². The minimum Gasteiger partial charge on any atom is -0.310 e. The highest BCUT2D eigenvalue weighted by Crippen LogP contribution is 2.17. The molecule has 0 saturated carbocycles. The van der Waals surface area contributed by atoms with E-state index in [1.165, 1.54) is 11.8 Å². The van der Waals surface area contributed by atoms with Crippen LogP contribution < -0.4 is 5.32 Å². The monoisotopic (exact) mass is 288 g/mol. The van der Waals surface area contributed by atoms with Crippen molar-refractivity contribution in [3.8, 4) is 0 Å². The van der Waals surface area contributed by atoms with Crippen molar-refractivity contribution < 1.29 is 4.79 Å². The molecule has 1 rings (SSSR count). The van der Waals surface area contributed by atoms with E-state index >= 15 is 0 Å². The summed E-state index contributed by atoms with van der Waals surface area (Å²) >= 11 is 4.87. The van der Waals surface area contributed by atoms with E-state index in [0.717, 1.165) is 10.2 Å². The standard InChI is InChI=1S/C10H13BrN2OS/c1-6-8(11)4-5-9(12-6)13-10(14)7(2)15-3/h4-5,7H,1-3H3,(H,12,13,14). The lowest BCUT2D eigenvalue weighted by Crippen LogP contribution is -2.22. The Hall–Kier alpha value is -0.550. The number of rotatable bonds is 3. The third-order valence-electron chi connectivity index (χ3n) is 2.00. The average molecular weight is 289 g/mol. The summed E-state index contributed by atoms with van der Waals surface area (Å²) in [5, 5.41) is 2.71. The topological polar surface area (TPSA) is 42.0 Å². The van der Waals surface area contributed by atoms with Crippen molar-refractivity contribution in [3.63, 3.8) is 0 Å². The zero-order valence-electron chi connectivity index (χ0n) is 8.87. The summed E-state index contributed by atoms with van der Waals surface area (Å²) in [6.07, 6.45) is 1.91. The van der Waals surface area contributed by atoms with E-state index in [1.807, 2.05) is 26.2 Å². The number of carbonyl (C=O) groups excluding carboxylic acids is 1. The molecule has 15 heavy (non-hydrogen) atoms. The Balaban J connectivity index is 2.73. The van der Waals surface area contributed by atoms with Crippen LogP contribution in [0.5, 0.6) is 0 Å². The maximum atomic E-state index is 11.6. The zero-order valence-corrected chi connectivity index (χ0v) is 11.3. The van der Waals surface area contributed by atoms with Crippen molar-refractivity contribution in [2.24, 2.45) is 0 Å². The number of hydrogen-bond acceptors (Lipinski definition) is 3. The third kappa shape index (κ3) is 3.50. The summed E-state index contributed by atoms with van der Waals surface area (Å²) in [5.74, 6) is 0.582. The molecule has 0 aliphatic rings. The second-order valence-corrected chi connectivity index (χ2v) is 5.16. The Morgan fingerprint density at radius 2 is 2.27 bits per heavy atom. The van der Waals surface area contributed by atoms with Crippen molar-refractivity contribution in [1.82, 2.24) is 4.98 Å². The van der Waals surface area contributed by atoms with Gasteiger partial charge in [0.25, 0.3) is 0 Å². The first kappa shape index (κ1) is 12.5. The Kier molecular flexibility index (Phi) is 4.60. The van der Waals surface area contributed by atoms with E-state index < -0.39 is 0 Å². The number of aryl methyl sites for hydroxylation is 1. The highest BCUT2D eigenvalue weighted by atomic mass is 79.9. The predicted octanol–water partition coefficient (Wildman–Crippen LogP) is 2.84. The molecule has 1 atom stereocenters. The molecule has 0 aliphatic carbocycles. The molecule has 0 fully saturated rings. The van der Waals surface area contributed by atoms with Gasteiger partial charge in [0.1, 0.15) is 5.82 Å². The lowest BCUT2D eigenvalue weighted by Gasteiger charge is -2.09. The van der Waals surface area contributed by atoms with Gasteiger partial charge < -0.3 is 5.32 Å². The average Bonchev–Trinajstić information content (AvgIpc) is 2.22. The normalized spacial score (nSPS) is 12.3. The fraction of sp³-hybridized carbons (Fsp3) is 0.400. The molecular weight excluding hydrogens is 276 g/mol. The highest BCUT2D eigenvalue weighted by molar-refractivity contribution is 9.10. The second kappa shape index (κ2) is 5.51. The highest BCUT2D eigenvalue weighted by Gasteiger charge is 2.11. The number of amides is 1. The molecule has 1 unspecified atom stereocenters. The van der Waals surface area contributed by atoms with Crippen LogP contribution in [0.1, 0.15) is 12.6 Å². The summed E-state index contributed by atoms with van der Waals surface area (Å²) in [4.78, 5) is 15.8. The van der Waals surface area contributed by atoms with Gasteiger partial charge in [0.05, 0.1) is 10.9 Å². The minimum absolute atomic E-state index is 0.0169. The first-order chi connectivity index (χ1) is 7.04. The van der Waals surface area contributed by atoms with Crippen molar-refractivity contribution in [2.75, 3.05) is 11.6 Å². The van der Waals surface area contributed by atoms with Gasteiger partial charge in [-0.25, -0.2) is 4.98 Å². The molecule has 1 N–H and O–H groups in total. The predicted molar refractivity (Wildman–Crippen MR) is 68.3 cm³/mol. The number of aromatic nitrogens is 1. The Morgan fingerprint density at radius 3 is 2.80 bits per heavy atom. The molecule has 0 aromatic carbocycles. The maximum absolute atomic E-state index is 11.6. The van der Waals surface area contributed by atoms with Gasteiger partial charge in [-0.05, 0) is 48.2 Å². The van der Waals surface area contributed by atoms with Crippen LogP contribution >= 0.6 is 27.7 Å². The lowest BCUT2D eigenvalue weighted by molar-refractivity contribution is -0.115. The van der Waals surface area contributed by atoms with Gasteiger partial charge >= 0.3 is 0 Å². The molecule has 1 aromatic heterocycles. The summed E-state index contributed by atoms with van der Waals surface area (Å²) in [6, 6.07) is 3.66. The number of halogens is 1. The molecule has 3 nitrogen and oxygen atoms in total. The maximum Gasteiger partial charge on any atom is 0.238 e. The minimum atomic E-state index is -0.0595. The van der Waals surface area contributed by atoms with E-state index in [0.29, 0.717) is 5.82 Å². The number of anilines is 1. The van der Waals surface area contributed by atoms with Crippen LogP contribution in [0, 0.1) is 6.92 Å². The van der Waals surface area contributed by atoms with Gasteiger partial charge in [-0.1, -0.05) is 0 Å². The Bertz CT molecular complexity index is 370. The number of carbonyl (C=O) groups is 1. The SMILES string of the molecule is CSC(C)C(=O)Nc1ccc(Br)c(C)n1. The number of nitrogens with zero attached hydrogens (tertiary/aromatic N) is 1. The molecule has 1 aromatic rings. The van der Waals surface area contributed by atoms with Crippen molar-refractivity contribution in [2.45, 2.75) is 19.1 Å². The zero-order chi connectivity index (χ0) is 11.4. The molecule has 5 heteroatoms. The first-order valence-electron chi connectivity index (χ1n) is 4.51. The smallest absolute Gasteiger partial charge is 0.238 e. The van der Waals surface area contributed by atoms with E-state index in [4.69, 9.17) is 0 Å². The van der Waals surface area contributed by atoms with Crippen LogP contribution in [0.2, 0.25) is 0 Å². The van der Waals surface area contributed by atoms with Crippen LogP contribution in [0.3, 0.4) is 0 Å². The van der Waals surface area contributed by atoms with Gasteiger partial charge in [0, 0.05) is 4.47 Å². The quantitative estimate of drug-likeness (QED) is 0.930. The van der Waals surface area contributed by atoms with Crippen LogP contribution in [0.15, 0.2) is 16.6 Å². The van der Waals surface area contributed by atoms with E-state index in [-0.39, 0.29) is 11.2 Å². The largest absolute Gasteiger partial charge is 0.310 e. The second-order valence-electron chi connectivity index (χ2n) is 3.13. The molecular formula is C10H13BrN2OS. The van der Waals surface area contributed by atoms with Gasteiger partial charge in [0.2, 0.25) is 5.91 Å². The molecule has 0 spiro atoms. The summed E-state index contributed by atoms with van der Waals surface area (Å²) < 4.78 is 0.943. The fourth-order valence-corrected chi connectivity index (χ4v) is 1.44. The number of hydrogen-bond donors (Lipinski definition) is 1. The molecule has 0 saturated heterocycles. The van der Waals surface area contributed by atoms with E-state index in [1.54, 1.807) is 6.07 Å². The fourth-order valence-electron chi connectivity index (χ4n) is 0.949. The third-order valence-corrected chi connectivity index (χ3v) is 3.75. The van der Waals surface area contributed by atoms with Gasteiger partial charge in [0.15, 0.2) is 0 Å². The molecule has 0 radical (unpaired) electrons. The number of pyridine rings is 1. The van der Waals surface area contributed by atoms with Crippen LogP contribution in [0.4, 0.5) is 5.82 Å². The van der Waals surface area contributed by atoms with Crippen molar-refractivity contribution >= 4 is 39.4 Å². The molecule has 1 heterocycles. The van der Waals surface area contributed by atoms with Crippen molar-refractivity contribution in [3.05, 3.63) is 22.3 Å². The van der Waals surface area contributed by atoms with Crippen molar-refractivity contribution in [1.29, 1.82) is 0 Å². The van der Waals surface area contributed by atoms with Gasteiger partial charge in [-0.15, -0.1) is 0 Å². The number of nitrogens with one attached hydrogen (secondary N) is 1. The van der Waals surface area contributed by atoms with Gasteiger partial charge in [-0.3, -0.25) is 4.79 Å². The van der Waals surface area contributed by atoms with E-state index in [9.17, 15) is 4.79 Å². The molecule has 1 amide bonds. The molecule has 82 valence electrons. The number of thioether (sulfide) groups is 1. The van der Waals surface area contributed by atoms with Crippen LogP contribution in [0.25, 0.3) is 0 Å². The summed E-state index contributed by atoms with van der Waals surface area (Å²) in [7, 11) is 0. The molecule has 0 bridgehead atoms. The van der Waals surface area contributed by atoms with Crippen LogP contribution in [-0.2, 0) is 4.79 Å². The van der Waals surface area contributed by atoms with E-state index in [2.05, 4.69) is 26.2 Å².